The Balaban J connectivity index is 0.00000208. The van der Waals surface area contributed by atoms with Crippen molar-refractivity contribution < 1.29 is 13.2 Å². The van der Waals surface area contributed by atoms with Gasteiger partial charge in [-0.05, 0) is 19.3 Å². The topological polar surface area (TPSA) is 69.7 Å². The molecule has 3 rings (SSSR count). The molecule has 1 N–H and O–H groups in total. The van der Waals surface area contributed by atoms with E-state index in [0.717, 1.165) is 71.4 Å². The molecule has 0 bridgehead atoms. The average molecular weight is 380 g/mol. The molecule has 2 aliphatic heterocycles. The highest BCUT2D eigenvalue weighted by Crippen LogP contribution is 2.26. The van der Waals surface area contributed by atoms with Crippen LogP contribution in [-0.2, 0) is 14.6 Å². The van der Waals surface area contributed by atoms with Gasteiger partial charge in [-0.25, -0.2) is 8.42 Å². The Kier molecular flexibility index (Phi) is 7.34. The Bertz CT molecular complexity index is 517. The fourth-order valence-electron chi connectivity index (χ4n) is 4.12. The lowest BCUT2D eigenvalue weighted by molar-refractivity contribution is -0.129. The smallest absolute Gasteiger partial charge is 0.223 e. The summed E-state index contributed by atoms with van der Waals surface area (Å²) in [5, 5.41) is 3.15. The lowest BCUT2D eigenvalue weighted by Crippen LogP contribution is -2.49. The second kappa shape index (κ2) is 8.83. The van der Waals surface area contributed by atoms with Gasteiger partial charge in [-0.2, -0.15) is 0 Å². The van der Waals surface area contributed by atoms with Crippen LogP contribution in [0.5, 0.6) is 0 Å². The van der Waals surface area contributed by atoms with Gasteiger partial charge in [0, 0.05) is 51.7 Å². The number of hydrogen-bond donors (Lipinski definition) is 1. The lowest BCUT2D eigenvalue weighted by atomic mass is 10.2. The van der Waals surface area contributed by atoms with Gasteiger partial charge in [-0.1, -0.05) is 12.8 Å². The minimum Gasteiger partial charge on any atom is -0.341 e. The van der Waals surface area contributed by atoms with E-state index in [0.29, 0.717) is 6.04 Å². The number of piperazine rings is 1. The number of nitrogens with zero attached hydrogens (tertiary/aromatic N) is 2. The highest BCUT2D eigenvalue weighted by molar-refractivity contribution is 7.92. The van der Waals surface area contributed by atoms with Crippen LogP contribution >= 0.6 is 12.4 Å². The van der Waals surface area contributed by atoms with Gasteiger partial charge in [0.05, 0.1) is 11.0 Å². The molecule has 8 heteroatoms. The number of sulfone groups is 1. The predicted molar refractivity (Wildman–Crippen MR) is 97.3 cm³/mol. The molecular weight excluding hydrogens is 350 g/mol. The first kappa shape index (κ1) is 19.9. The third-order valence-corrected chi connectivity index (χ3v) is 7.85. The lowest BCUT2D eigenvalue weighted by Gasteiger charge is -2.32. The number of halogens is 1. The van der Waals surface area contributed by atoms with E-state index in [9.17, 15) is 13.2 Å². The first-order valence-electron chi connectivity index (χ1n) is 9.00. The Morgan fingerprint density at radius 2 is 1.71 bits per heavy atom. The second-order valence-corrected chi connectivity index (χ2v) is 9.49. The van der Waals surface area contributed by atoms with Gasteiger partial charge in [0.2, 0.25) is 5.91 Å². The number of rotatable bonds is 5. The van der Waals surface area contributed by atoms with Crippen molar-refractivity contribution in [1.29, 1.82) is 0 Å². The van der Waals surface area contributed by atoms with Crippen LogP contribution in [0.15, 0.2) is 0 Å². The number of amides is 1. The van der Waals surface area contributed by atoms with E-state index in [4.69, 9.17) is 0 Å². The molecule has 3 fully saturated rings. The molecule has 0 aromatic rings. The number of carbonyl (C=O) groups excluding carboxylic acids is 1. The molecule has 24 heavy (non-hydrogen) atoms. The zero-order chi connectivity index (χ0) is 16.3. The number of hydrogen-bond acceptors (Lipinski definition) is 5. The van der Waals surface area contributed by atoms with Crippen molar-refractivity contribution in [3.8, 4) is 0 Å². The van der Waals surface area contributed by atoms with E-state index in [1.54, 1.807) is 0 Å². The van der Waals surface area contributed by atoms with E-state index in [1.165, 1.54) is 0 Å². The highest BCUT2D eigenvalue weighted by atomic mass is 35.5. The maximum atomic E-state index is 12.4. The largest absolute Gasteiger partial charge is 0.341 e. The summed E-state index contributed by atoms with van der Waals surface area (Å²) in [6.45, 7) is 5.67. The Morgan fingerprint density at radius 1 is 1.04 bits per heavy atom. The zero-order valence-electron chi connectivity index (χ0n) is 14.3. The summed E-state index contributed by atoms with van der Waals surface area (Å²) in [4.78, 5) is 16.7. The third kappa shape index (κ3) is 4.84. The van der Waals surface area contributed by atoms with E-state index in [2.05, 4.69) is 10.2 Å². The van der Waals surface area contributed by atoms with Crippen molar-refractivity contribution in [3.05, 3.63) is 0 Å². The summed E-state index contributed by atoms with van der Waals surface area (Å²) in [6.07, 6.45) is 4.76. The summed E-state index contributed by atoms with van der Waals surface area (Å²) in [5.74, 6) is 0.0508. The quantitative estimate of drug-likeness (QED) is 0.760. The number of likely N-dealkylation sites (tertiary alicyclic amines) is 1. The van der Waals surface area contributed by atoms with E-state index in [-0.39, 0.29) is 35.7 Å². The summed E-state index contributed by atoms with van der Waals surface area (Å²) >= 11 is 0. The van der Waals surface area contributed by atoms with Crippen LogP contribution in [0.4, 0.5) is 0 Å². The Labute approximate surface area is 151 Å². The Morgan fingerprint density at radius 3 is 2.38 bits per heavy atom. The normalized spacial score (nSPS) is 26.5. The molecule has 2 heterocycles. The monoisotopic (exact) mass is 379 g/mol. The fraction of sp³-hybridized carbons (Fsp3) is 0.938. The molecule has 1 amide bonds. The zero-order valence-corrected chi connectivity index (χ0v) is 15.9. The minimum atomic E-state index is -3.08. The van der Waals surface area contributed by atoms with Crippen molar-refractivity contribution in [1.82, 2.24) is 15.1 Å². The first-order chi connectivity index (χ1) is 11.1. The van der Waals surface area contributed by atoms with E-state index in [1.807, 2.05) is 4.90 Å². The van der Waals surface area contributed by atoms with Crippen LogP contribution in [0.1, 0.15) is 38.5 Å². The number of carbonyl (C=O) groups is 1. The molecule has 1 saturated carbocycles. The van der Waals surface area contributed by atoms with E-state index < -0.39 is 9.84 Å². The molecular formula is C16H30ClN3O3S. The molecule has 1 atom stereocenters. The summed E-state index contributed by atoms with van der Waals surface area (Å²) < 4.78 is 24.6. The van der Waals surface area contributed by atoms with Gasteiger partial charge in [0.15, 0.2) is 9.84 Å². The van der Waals surface area contributed by atoms with Gasteiger partial charge >= 0.3 is 0 Å². The molecule has 1 unspecified atom stereocenters. The molecule has 0 spiro atoms. The summed E-state index contributed by atoms with van der Waals surface area (Å²) in [6, 6.07) is 0.451. The molecule has 6 nitrogen and oxygen atoms in total. The van der Waals surface area contributed by atoms with Crippen molar-refractivity contribution in [2.75, 3.05) is 45.0 Å². The van der Waals surface area contributed by atoms with Gasteiger partial charge in [-0.15, -0.1) is 12.4 Å². The van der Waals surface area contributed by atoms with Crippen molar-refractivity contribution in [2.24, 2.45) is 0 Å². The maximum absolute atomic E-state index is 12.4. The molecule has 140 valence electrons. The van der Waals surface area contributed by atoms with Crippen LogP contribution in [-0.4, -0.2) is 80.4 Å². The van der Waals surface area contributed by atoms with Gasteiger partial charge in [0.25, 0.3) is 0 Å². The van der Waals surface area contributed by atoms with Crippen molar-refractivity contribution >= 4 is 28.2 Å². The third-order valence-electron chi connectivity index (χ3n) is 5.59. The average Bonchev–Trinajstić information content (AvgIpc) is 3.25. The second-order valence-electron chi connectivity index (χ2n) is 7.09. The summed E-state index contributed by atoms with van der Waals surface area (Å²) in [7, 11) is -3.08. The van der Waals surface area contributed by atoms with Crippen LogP contribution in [0.2, 0.25) is 0 Å². The van der Waals surface area contributed by atoms with E-state index >= 15 is 0 Å². The van der Waals surface area contributed by atoms with Gasteiger partial charge in [0.1, 0.15) is 0 Å². The van der Waals surface area contributed by atoms with Crippen molar-refractivity contribution in [3.63, 3.8) is 0 Å². The molecule has 0 radical (unpaired) electrons. The highest BCUT2D eigenvalue weighted by Gasteiger charge is 2.33. The first-order valence-corrected chi connectivity index (χ1v) is 10.7. The SMILES string of the molecule is Cl.O=C(CCS(=O)(=O)C1CCCC1)N1CCC(N2CCNCC2)C1. The molecule has 0 aromatic carbocycles. The van der Waals surface area contributed by atoms with Gasteiger partial charge < -0.3 is 10.2 Å². The van der Waals surface area contributed by atoms with Crippen LogP contribution in [0, 0.1) is 0 Å². The predicted octanol–water partition coefficient (Wildman–Crippen LogP) is 0.662. The summed E-state index contributed by atoms with van der Waals surface area (Å²) in [5.41, 5.74) is 0. The molecule has 3 aliphatic rings. The molecule has 0 aromatic heterocycles. The van der Waals surface area contributed by atoms with Crippen molar-refractivity contribution in [2.45, 2.75) is 49.8 Å². The molecule has 2 saturated heterocycles. The Hall–Kier alpha value is -0.370. The maximum Gasteiger partial charge on any atom is 0.223 e. The van der Waals surface area contributed by atoms with Gasteiger partial charge in [-0.3, -0.25) is 9.69 Å². The number of nitrogens with one attached hydrogen (secondary N) is 1. The van der Waals surface area contributed by atoms with Crippen LogP contribution in [0.3, 0.4) is 0 Å². The standard InChI is InChI=1S/C16H29N3O3S.ClH/c20-16(6-12-23(21,22)15-3-1-2-4-15)19-9-5-14(13-19)18-10-7-17-8-11-18;/h14-15,17H,1-13H2;1H. The van der Waals surface area contributed by atoms with Crippen LogP contribution in [0.25, 0.3) is 0 Å². The minimum absolute atomic E-state index is 0. The molecule has 1 aliphatic carbocycles. The van der Waals surface area contributed by atoms with Crippen LogP contribution < -0.4 is 5.32 Å². The fourth-order valence-corrected chi connectivity index (χ4v) is 5.96.